The molecular formula is C34H43FN4O4. The highest BCUT2D eigenvalue weighted by Crippen LogP contribution is 2.33. The molecule has 0 fully saturated rings. The monoisotopic (exact) mass is 590 g/mol. The molecule has 4 rings (SSSR count). The third-order valence-electron chi connectivity index (χ3n) is 8.09. The zero-order valence-corrected chi connectivity index (χ0v) is 25.4. The number of hydrogen-bond acceptors (Lipinski definition) is 5. The average molecular weight is 591 g/mol. The summed E-state index contributed by atoms with van der Waals surface area (Å²) in [5.74, 6) is -1.75. The molecule has 2 heterocycles. The van der Waals surface area contributed by atoms with Crippen LogP contribution in [0, 0.1) is 12.7 Å². The lowest BCUT2D eigenvalue weighted by Crippen LogP contribution is -2.40. The topological polar surface area (TPSA) is 105 Å². The fourth-order valence-electron chi connectivity index (χ4n) is 5.97. The number of carboxylic acids is 1. The highest BCUT2D eigenvalue weighted by molar-refractivity contribution is 5.81. The Labute approximate surface area is 252 Å². The van der Waals surface area contributed by atoms with Crippen LogP contribution in [-0.4, -0.2) is 52.3 Å². The van der Waals surface area contributed by atoms with Crippen LogP contribution in [0.1, 0.15) is 85.8 Å². The summed E-state index contributed by atoms with van der Waals surface area (Å²) >= 11 is 0. The first-order chi connectivity index (χ1) is 20.6. The maximum atomic E-state index is 14.4. The molecular weight excluding hydrogens is 547 g/mol. The average Bonchev–Trinajstić information content (AvgIpc) is 2.94. The van der Waals surface area contributed by atoms with E-state index in [1.807, 2.05) is 39.2 Å². The van der Waals surface area contributed by atoms with Gasteiger partial charge in [-0.25, -0.2) is 9.07 Å². The van der Waals surface area contributed by atoms with Crippen molar-refractivity contribution in [3.05, 3.63) is 87.1 Å². The second-order valence-electron chi connectivity index (χ2n) is 11.9. The van der Waals surface area contributed by atoms with Crippen LogP contribution in [-0.2, 0) is 22.4 Å². The van der Waals surface area contributed by atoms with Crippen molar-refractivity contribution < 1.29 is 19.1 Å². The van der Waals surface area contributed by atoms with E-state index in [1.54, 1.807) is 18.2 Å². The van der Waals surface area contributed by atoms with Crippen LogP contribution in [0.5, 0.6) is 0 Å². The van der Waals surface area contributed by atoms with Gasteiger partial charge < -0.3 is 15.3 Å². The van der Waals surface area contributed by atoms with Gasteiger partial charge in [-0.1, -0.05) is 43.9 Å². The van der Waals surface area contributed by atoms with Gasteiger partial charge in [-0.2, -0.15) is 5.10 Å². The van der Waals surface area contributed by atoms with Crippen LogP contribution >= 0.6 is 0 Å². The molecule has 0 aliphatic carbocycles. The molecule has 1 amide bonds. The number of aliphatic carboxylic acids is 1. The molecule has 9 heteroatoms. The van der Waals surface area contributed by atoms with Crippen molar-refractivity contribution in [2.75, 3.05) is 20.6 Å². The first kappa shape index (κ1) is 32.1. The number of amides is 1. The van der Waals surface area contributed by atoms with E-state index in [4.69, 9.17) is 0 Å². The predicted molar refractivity (Wildman–Crippen MR) is 166 cm³/mol. The molecule has 1 aliphatic heterocycles. The van der Waals surface area contributed by atoms with Gasteiger partial charge in [-0.3, -0.25) is 14.4 Å². The van der Waals surface area contributed by atoms with Gasteiger partial charge in [0.05, 0.1) is 18.2 Å². The van der Waals surface area contributed by atoms with Gasteiger partial charge in [0.2, 0.25) is 5.91 Å². The van der Waals surface area contributed by atoms with Crippen molar-refractivity contribution in [1.82, 2.24) is 20.0 Å². The van der Waals surface area contributed by atoms with Gasteiger partial charge in [-0.15, -0.1) is 0 Å². The van der Waals surface area contributed by atoms with Crippen molar-refractivity contribution in [3.8, 4) is 11.1 Å². The smallest absolute Gasteiger partial charge is 0.305 e. The number of rotatable bonds is 7. The molecule has 0 unspecified atom stereocenters. The minimum atomic E-state index is -1.06. The van der Waals surface area contributed by atoms with E-state index in [0.29, 0.717) is 24.8 Å². The SMILES string of the molecule is Cc1cc(F)cc2c1-c1cccc(c1)[C@H](CC(=O)O)NC(=O)[C@@H](n1nc(CCCN(C)C)ccc1=O)CCCCCCC2. The summed E-state index contributed by atoms with van der Waals surface area (Å²) in [6, 6.07) is 12.0. The number of fused-ring (bicyclic) bond motifs is 4. The highest BCUT2D eigenvalue weighted by Gasteiger charge is 2.27. The summed E-state index contributed by atoms with van der Waals surface area (Å²) in [5, 5.41) is 17.3. The molecule has 0 spiro atoms. The second-order valence-corrected chi connectivity index (χ2v) is 11.9. The molecule has 2 aromatic carbocycles. The summed E-state index contributed by atoms with van der Waals surface area (Å²) in [5.41, 5.74) is 4.53. The Hall–Kier alpha value is -3.85. The van der Waals surface area contributed by atoms with Crippen LogP contribution in [0.15, 0.2) is 53.3 Å². The summed E-state index contributed by atoms with van der Waals surface area (Å²) in [6.45, 7) is 2.76. The normalized spacial score (nSPS) is 18.2. The minimum absolute atomic E-state index is 0.269. The Morgan fingerprint density at radius 1 is 1.07 bits per heavy atom. The molecule has 2 bridgehead atoms. The van der Waals surface area contributed by atoms with Gasteiger partial charge >= 0.3 is 5.97 Å². The lowest BCUT2D eigenvalue weighted by molar-refractivity contribution is -0.138. The molecule has 0 saturated heterocycles. The third-order valence-corrected chi connectivity index (χ3v) is 8.09. The van der Waals surface area contributed by atoms with Gasteiger partial charge in [-0.05, 0) is 112 Å². The van der Waals surface area contributed by atoms with E-state index in [0.717, 1.165) is 73.0 Å². The van der Waals surface area contributed by atoms with Crippen LogP contribution in [0.3, 0.4) is 0 Å². The fraction of sp³-hybridized carbons (Fsp3) is 0.471. The number of aromatic nitrogens is 2. The standard InChI is InChI=1S/C34H43FN4O4/c1-23-19-27(35)21-26-11-7-5-4-6-8-15-30(39-31(40)17-16-28(37-39)14-10-18-38(2)3)34(43)36-29(22-32(41)42)24-12-9-13-25(20-24)33(23)26/h9,12-13,16-17,19-21,29-30H,4-8,10-11,14-15,18,22H2,1-3H3,(H,36,43)(H,41,42)/t29-,30-/m0/s1. The van der Waals surface area contributed by atoms with Gasteiger partial charge in [0.15, 0.2) is 0 Å². The van der Waals surface area contributed by atoms with Crippen LogP contribution < -0.4 is 10.9 Å². The Bertz CT molecular complexity index is 1490. The molecule has 8 nitrogen and oxygen atoms in total. The van der Waals surface area contributed by atoms with Crippen molar-refractivity contribution in [2.24, 2.45) is 0 Å². The quantitative estimate of drug-likeness (QED) is 0.370. The maximum Gasteiger partial charge on any atom is 0.305 e. The fourth-order valence-corrected chi connectivity index (χ4v) is 5.97. The number of nitrogens with zero attached hydrogens (tertiary/aromatic N) is 3. The molecule has 2 atom stereocenters. The predicted octanol–water partition coefficient (Wildman–Crippen LogP) is 5.62. The molecule has 1 aromatic heterocycles. The number of halogens is 1. The number of hydrogen-bond donors (Lipinski definition) is 2. The maximum absolute atomic E-state index is 14.4. The summed E-state index contributed by atoms with van der Waals surface area (Å²) in [7, 11) is 4.00. The van der Waals surface area contributed by atoms with E-state index >= 15 is 0 Å². The lowest BCUT2D eigenvalue weighted by Gasteiger charge is -2.24. The van der Waals surface area contributed by atoms with Gasteiger partial charge in [0.25, 0.3) is 5.56 Å². The van der Waals surface area contributed by atoms with Crippen molar-refractivity contribution in [2.45, 2.75) is 83.2 Å². The Morgan fingerprint density at radius 3 is 2.60 bits per heavy atom. The molecule has 2 N–H and O–H groups in total. The first-order valence-corrected chi connectivity index (χ1v) is 15.3. The number of carboxylic acid groups (broad SMARTS) is 1. The van der Waals surface area contributed by atoms with Crippen LogP contribution in [0.25, 0.3) is 11.1 Å². The minimum Gasteiger partial charge on any atom is -0.481 e. The van der Waals surface area contributed by atoms with Crippen molar-refractivity contribution in [3.63, 3.8) is 0 Å². The number of aryl methyl sites for hydroxylation is 3. The number of benzene rings is 2. The molecule has 230 valence electrons. The molecule has 43 heavy (non-hydrogen) atoms. The summed E-state index contributed by atoms with van der Waals surface area (Å²) in [6.07, 6.45) is 6.74. The highest BCUT2D eigenvalue weighted by atomic mass is 19.1. The number of carbonyl (C=O) groups excluding carboxylic acids is 1. The van der Waals surface area contributed by atoms with E-state index in [-0.39, 0.29) is 17.8 Å². The van der Waals surface area contributed by atoms with E-state index in [9.17, 15) is 23.9 Å². The van der Waals surface area contributed by atoms with Crippen LogP contribution in [0.2, 0.25) is 0 Å². The van der Waals surface area contributed by atoms with Crippen molar-refractivity contribution in [1.29, 1.82) is 0 Å². The second kappa shape index (κ2) is 15.0. The molecule has 0 radical (unpaired) electrons. The molecule has 3 aromatic rings. The Kier molecular flexibility index (Phi) is 11.2. The number of carbonyl (C=O) groups is 2. The van der Waals surface area contributed by atoms with Gasteiger partial charge in [0, 0.05) is 6.07 Å². The summed E-state index contributed by atoms with van der Waals surface area (Å²) in [4.78, 5) is 41.0. The molecule has 1 aliphatic rings. The van der Waals surface area contributed by atoms with Gasteiger partial charge in [0.1, 0.15) is 11.9 Å². The Balaban J connectivity index is 1.72. The lowest BCUT2D eigenvalue weighted by atomic mass is 9.89. The van der Waals surface area contributed by atoms with Crippen LogP contribution in [0.4, 0.5) is 4.39 Å². The van der Waals surface area contributed by atoms with E-state index in [2.05, 4.69) is 15.3 Å². The zero-order valence-electron chi connectivity index (χ0n) is 25.4. The Morgan fingerprint density at radius 2 is 1.84 bits per heavy atom. The third kappa shape index (κ3) is 8.83. The summed E-state index contributed by atoms with van der Waals surface area (Å²) < 4.78 is 15.7. The molecule has 0 saturated carbocycles. The zero-order chi connectivity index (χ0) is 30.9. The van der Waals surface area contributed by atoms with E-state index < -0.39 is 24.0 Å². The number of nitrogens with one attached hydrogen (secondary N) is 1. The van der Waals surface area contributed by atoms with E-state index in [1.165, 1.54) is 16.8 Å². The largest absolute Gasteiger partial charge is 0.481 e. The van der Waals surface area contributed by atoms with Crippen molar-refractivity contribution >= 4 is 11.9 Å². The first-order valence-electron chi connectivity index (χ1n) is 15.3.